The molecule has 25 heavy (non-hydrogen) atoms. The molecular formula is C18H23BN6. The van der Waals surface area contributed by atoms with Gasteiger partial charge in [0, 0.05) is 37.2 Å². The Kier molecular flexibility index (Phi) is 4.66. The van der Waals surface area contributed by atoms with Crippen LogP contribution in [0.2, 0.25) is 0 Å². The fraction of sp³-hybridized carbons (Fsp3) is 0.389. The Morgan fingerprint density at radius 2 is 2.08 bits per heavy atom. The van der Waals surface area contributed by atoms with Gasteiger partial charge in [0.2, 0.25) is 0 Å². The van der Waals surface area contributed by atoms with Gasteiger partial charge in [0.25, 0.3) is 0 Å². The molecule has 0 bridgehead atoms. The van der Waals surface area contributed by atoms with Crippen molar-refractivity contribution >= 4 is 30.6 Å². The van der Waals surface area contributed by atoms with Gasteiger partial charge >= 0.3 is 0 Å². The van der Waals surface area contributed by atoms with Crippen LogP contribution in [0.25, 0.3) is 5.65 Å². The van der Waals surface area contributed by atoms with Gasteiger partial charge in [-0.15, -0.1) is 0 Å². The van der Waals surface area contributed by atoms with Crippen LogP contribution in [0.15, 0.2) is 36.8 Å². The van der Waals surface area contributed by atoms with Crippen LogP contribution in [0.5, 0.6) is 0 Å². The summed E-state index contributed by atoms with van der Waals surface area (Å²) in [6.07, 6.45) is 5.22. The molecule has 0 amide bonds. The molecule has 7 heteroatoms. The summed E-state index contributed by atoms with van der Waals surface area (Å²) in [5.41, 5.74) is 2.39. The highest BCUT2D eigenvalue weighted by Gasteiger charge is 2.21. The Bertz CT molecular complexity index is 853. The van der Waals surface area contributed by atoms with Crippen LogP contribution < -0.4 is 16.1 Å². The van der Waals surface area contributed by atoms with Gasteiger partial charge in [0.15, 0.2) is 5.65 Å². The quantitative estimate of drug-likeness (QED) is 0.701. The molecule has 0 aliphatic heterocycles. The first-order valence-electron chi connectivity index (χ1n) is 8.38. The standard InChI is InChI=1S/C18H23BN6/c1-12(18(2,3)4)23-15-8-16(21-10-13-6-5-7-20-9-13)25-17(24-15)14(19)11-22-25/h5-9,11-12,21H,10H2,1-4H3,(H,23,24)/t12-/m1/s1. The Morgan fingerprint density at radius 1 is 1.28 bits per heavy atom. The van der Waals surface area contributed by atoms with E-state index in [1.807, 2.05) is 24.4 Å². The molecule has 2 radical (unpaired) electrons. The molecule has 3 aromatic heterocycles. The number of hydrogen-bond donors (Lipinski definition) is 2. The van der Waals surface area contributed by atoms with E-state index in [2.05, 4.69) is 53.4 Å². The minimum atomic E-state index is 0.114. The summed E-state index contributed by atoms with van der Waals surface area (Å²) in [5, 5.41) is 11.2. The molecule has 0 unspecified atom stereocenters. The molecule has 0 aliphatic rings. The van der Waals surface area contributed by atoms with Crippen molar-refractivity contribution in [2.75, 3.05) is 10.6 Å². The van der Waals surface area contributed by atoms with Crippen LogP contribution in [0.3, 0.4) is 0 Å². The van der Waals surface area contributed by atoms with E-state index in [4.69, 9.17) is 7.85 Å². The van der Waals surface area contributed by atoms with Gasteiger partial charge in [-0.3, -0.25) is 4.98 Å². The molecule has 0 fully saturated rings. The Hall–Kier alpha value is -2.57. The SMILES string of the molecule is [B]c1cnn2c(NCc3cccnc3)cc(N[C@H](C)C(C)(C)C)nc12. The highest BCUT2D eigenvalue weighted by atomic mass is 15.3. The third kappa shape index (κ3) is 3.92. The van der Waals surface area contributed by atoms with E-state index in [1.165, 1.54) is 0 Å². The minimum Gasteiger partial charge on any atom is -0.367 e. The lowest BCUT2D eigenvalue weighted by atomic mass is 9.88. The van der Waals surface area contributed by atoms with Gasteiger partial charge in [-0.1, -0.05) is 26.8 Å². The Morgan fingerprint density at radius 3 is 2.76 bits per heavy atom. The summed E-state index contributed by atoms with van der Waals surface area (Å²) >= 11 is 0. The van der Waals surface area contributed by atoms with Crippen LogP contribution in [0.4, 0.5) is 11.6 Å². The summed E-state index contributed by atoms with van der Waals surface area (Å²) in [6, 6.07) is 6.15. The fourth-order valence-electron chi connectivity index (χ4n) is 2.31. The number of pyridine rings is 1. The molecule has 6 nitrogen and oxygen atoms in total. The summed E-state index contributed by atoms with van der Waals surface area (Å²) in [7, 11) is 6.03. The van der Waals surface area contributed by atoms with Crippen LogP contribution in [0.1, 0.15) is 33.3 Å². The van der Waals surface area contributed by atoms with Gasteiger partial charge in [-0.05, 0) is 29.4 Å². The van der Waals surface area contributed by atoms with Crippen molar-refractivity contribution in [1.29, 1.82) is 0 Å². The summed E-state index contributed by atoms with van der Waals surface area (Å²) in [4.78, 5) is 8.76. The number of fused-ring (bicyclic) bond motifs is 1. The zero-order chi connectivity index (χ0) is 18.0. The second-order valence-electron chi connectivity index (χ2n) is 7.31. The van der Waals surface area contributed by atoms with Crippen molar-refractivity contribution in [3.05, 3.63) is 42.4 Å². The largest absolute Gasteiger partial charge is 0.367 e. The summed E-state index contributed by atoms with van der Waals surface area (Å²) in [6.45, 7) is 9.36. The van der Waals surface area contributed by atoms with Crippen molar-refractivity contribution in [2.24, 2.45) is 5.41 Å². The monoisotopic (exact) mass is 334 g/mol. The topological polar surface area (TPSA) is 67.1 Å². The number of rotatable bonds is 5. The number of nitrogens with zero attached hydrogens (tertiary/aromatic N) is 4. The van der Waals surface area contributed by atoms with Crippen molar-refractivity contribution in [3.63, 3.8) is 0 Å². The van der Waals surface area contributed by atoms with Gasteiger partial charge < -0.3 is 10.6 Å². The molecule has 1 atom stereocenters. The number of aromatic nitrogens is 4. The minimum absolute atomic E-state index is 0.114. The highest BCUT2D eigenvalue weighted by Crippen LogP contribution is 2.23. The van der Waals surface area contributed by atoms with Crippen LogP contribution in [-0.4, -0.2) is 33.5 Å². The molecule has 3 aromatic rings. The maximum absolute atomic E-state index is 6.03. The van der Waals surface area contributed by atoms with E-state index in [-0.39, 0.29) is 11.5 Å². The second-order valence-corrected chi connectivity index (χ2v) is 7.31. The molecule has 0 saturated carbocycles. The summed E-state index contributed by atoms with van der Waals surface area (Å²) < 4.78 is 1.72. The fourth-order valence-corrected chi connectivity index (χ4v) is 2.31. The predicted molar refractivity (Wildman–Crippen MR) is 102 cm³/mol. The van der Waals surface area contributed by atoms with E-state index < -0.39 is 0 Å². The van der Waals surface area contributed by atoms with Crippen molar-refractivity contribution in [2.45, 2.75) is 40.3 Å². The van der Waals surface area contributed by atoms with Gasteiger partial charge in [-0.2, -0.15) is 9.61 Å². The highest BCUT2D eigenvalue weighted by molar-refractivity contribution is 6.36. The predicted octanol–water partition coefficient (Wildman–Crippen LogP) is 2.38. The zero-order valence-corrected chi connectivity index (χ0v) is 15.1. The molecule has 3 rings (SSSR count). The molecule has 0 aliphatic carbocycles. The van der Waals surface area contributed by atoms with Crippen molar-refractivity contribution < 1.29 is 0 Å². The average molecular weight is 334 g/mol. The third-order valence-electron chi connectivity index (χ3n) is 4.36. The van der Waals surface area contributed by atoms with E-state index in [0.29, 0.717) is 17.7 Å². The molecule has 2 N–H and O–H groups in total. The lowest BCUT2D eigenvalue weighted by Crippen LogP contribution is -2.31. The molecule has 0 aromatic carbocycles. The average Bonchev–Trinajstić information content (AvgIpc) is 2.94. The van der Waals surface area contributed by atoms with Crippen molar-refractivity contribution in [1.82, 2.24) is 19.6 Å². The first-order chi connectivity index (χ1) is 11.8. The van der Waals surface area contributed by atoms with Crippen LogP contribution in [0, 0.1) is 5.41 Å². The lowest BCUT2D eigenvalue weighted by molar-refractivity contribution is 0.359. The number of hydrogen-bond acceptors (Lipinski definition) is 5. The molecule has 128 valence electrons. The normalized spacial score (nSPS) is 13.0. The van der Waals surface area contributed by atoms with E-state index in [9.17, 15) is 0 Å². The van der Waals surface area contributed by atoms with Crippen LogP contribution in [-0.2, 0) is 6.54 Å². The van der Waals surface area contributed by atoms with Crippen molar-refractivity contribution in [3.8, 4) is 0 Å². The first kappa shape index (κ1) is 17.3. The molecule has 0 spiro atoms. The first-order valence-corrected chi connectivity index (χ1v) is 8.38. The van der Waals surface area contributed by atoms with E-state index in [1.54, 1.807) is 16.9 Å². The van der Waals surface area contributed by atoms with E-state index >= 15 is 0 Å². The summed E-state index contributed by atoms with van der Waals surface area (Å²) in [5.74, 6) is 1.60. The van der Waals surface area contributed by atoms with Gasteiger partial charge in [0.1, 0.15) is 19.5 Å². The van der Waals surface area contributed by atoms with Gasteiger partial charge in [-0.25, -0.2) is 4.98 Å². The van der Waals surface area contributed by atoms with E-state index in [0.717, 1.165) is 17.2 Å². The maximum atomic E-state index is 6.03. The molecule has 0 saturated heterocycles. The Balaban J connectivity index is 1.90. The third-order valence-corrected chi connectivity index (χ3v) is 4.36. The lowest BCUT2D eigenvalue weighted by Gasteiger charge is -2.28. The number of nitrogens with one attached hydrogen (secondary N) is 2. The smallest absolute Gasteiger partial charge is 0.152 e. The zero-order valence-electron chi connectivity index (χ0n) is 15.1. The van der Waals surface area contributed by atoms with Gasteiger partial charge in [0.05, 0.1) is 0 Å². The van der Waals surface area contributed by atoms with Crippen LogP contribution >= 0.6 is 0 Å². The molecule has 3 heterocycles. The second kappa shape index (κ2) is 6.74. The molecular weight excluding hydrogens is 311 g/mol. The maximum Gasteiger partial charge on any atom is 0.152 e. The Labute approximate surface area is 149 Å². The number of anilines is 2.